The van der Waals surface area contributed by atoms with Crippen molar-refractivity contribution in [2.24, 2.45) is 10.8 Å². The van der Waals surface area contributed by atoms with Crippen molar-refractivity contribution in [3.8, 4) is 0 Å². The van der Waals surface area contributed by atoms with Crippen molar-refractivity contribution in [2.45, 2.75) is 33.2 Å². The van der Waals surface area contributed by atoms with E-state index < -0.39 is 0 Å². The topological polar surface area (TPSA) is 50.4 Å². The van der Waals surface area contributed by atoms with E-state index in [1.807, 2.05) is 39.8 Å². The van der Waals surface area contributed by atoms with Crippen LogP contribution in [0.4, 0.5) is 0 Å². The monoisotopic (exact) mass is 283 g/mol. The van der Waals surface area contributed by atoms with Crippen LogP contribution in [0.3, 0.4) is 0 Å². The molecule has 0 spiro atoms. The molecule has 0 aliphatic carbocycles. The lowest BCUT2D eigenvalue weighted by Gasteiger charge is -2.16. The lowest BCUT2D eigenvalue weighted by molar-refractivity contribution is 0.580. The van der Waals surface area contributed by atoms with E-state index in [-0.39, 0.29) is 5.54 Å². The predicted octanol–water partition coefficient (Wildman–Crippen LogP) is 2.77. The van der Waals surface area contributed by atoms with Gasteiger partial charge >= 0.3 is 0 Å². The Morgan fingerprint density at radius 3 is 2.44 bits per heavy atom. The Kier molecular flexibility index (Phi) is 4.10. The zero-order chi connectivity index (χ0) is 12.3. The van der Waals surface area contributed by atoms with Crippen LogP contribution in [0.15, 0.2) is 27.7 Å². The highest BCUT2D eigenvalue weighted by Crippen LogP contribution is 2.18. The molecule has 1 aromatic carbocycles. The van der Waals surface area contributed by atoms with Gasteiger partial charge in [-0.2, -0.15) is 0 Å². The summed E-state index contributed by atoms with van der Waals surface area (Å²) >= 11 is 3.47. The molecule has 0 amide bonds. The molecule has 0 bridgehead atoms. The van der Waals surface area contributed by atoms with E-state index in [0.717, 1.165) is 15.6 Å². The fraction of sp³-hybridized carbons (Fsp3) is 0.417. The third-order valence-electron chi connectivity index (χ3n) is 2.02. The highest BCUT2D eigenvalue weighted by atomic mass is 79.9. The van der Waals surface area contributed by atoms with E-state index in [1.54, 1.807) is 0 Å². The summed E-state index contributed by atoms with van der Waals surface area (Å²) in [6, 6.07) is 6.04. The Bertz CT molecular complexity index is 405. The van der Waals surface area contributed by atoms with Gasteiger partial charge in [0.25, 0.3) is 0 Å². The number of benzene rings is 1. The molecule has 0 saturated heterocycles. The second-order valence-corrected chi connectivity index (χ2v) is 5.59. The minimum absolute atomic E-state index is 0.150. The number of nitrogens with zero attached hydrogens (tertiary/aromatic N) is 1. The molecule has 0 aliphatic heterocycles. The van der Waals surface area contributed by atoms with Gasteiger partial charge in [-0.25, -0.2) is 5.84 Å². The van der Waals surface area contributed by atoms with Crippen LogP contribution in [-0.4, -0.2) is 11.4 Å². The lowest BCUT2D eigenvalue weighted by Crippen LogP contribution is -2.33. The molecule has 0 heterocycles. The molecular weight excluding hydrogens is 266 g/mol. The second kappa shape index (κ2) is 4.97. The van der Waals surface area contributed by atoms with Crippen LogP contribution in [0.2, 0.25) is 0 Å². The van der Waals surface area contributed by atoms with Crippen molar-refractivity contribution in [2.75, 3.05) is 0 Å². The van der Waals surface area contributed by atoms with Gasteiger partial charge in [0.15, 0.2) is 0 Å². The quantitative estimate of drug-likeness (QED) is 0.360. The summed E-state index contributed by atoms with van der Waals surface area (Å²) in [6.45, 7) is 8.15. The molecule has 1 rings (SSSR count). The van der Waals surface area contributed by atoms with Crippen molar-refractivity contribution >= 4 is 21.8 Å². The Hall–Kier alpha value is -0.870. The zero-order valence-electron chi connectivity index (χ0n) is 10.1. The van der Waals surface area contributed by atoms with Crippen molar-refractivity contribution in [1.82, 2.24) is 5.43 Å². The van der Waals surface area contributed by atoms with Crippen molar-refractivity contribution in [3.05, 3.63) is 33.8 Å². The summed E-state index contributed by atoms with van der Waals surface area (Å²) in [6.07, 6.45) is 0. The van der Waals surface area contributed by atoms with E-state index in [9.17, 15) is 0 Å². The number of nitrogens with two attached hydrogens (primary N) is 1. The van der Waals surface area contributed by atoms with E-state index in [1.165, 1.54) is 0 Å². The standard InChI is InChI=1S/C12H18BrN3/c1-8-7-9(5-6-10(8)13)11(16-14)15-12(2,3)4/h5-7H,14H2,1-4H3,(H,15,16). The normalized spacial score (nSPS) is 12.8. The number of aryl methyl sites for hydroxylation is 1. The van der Waals surface area contributed by atoms with Crippen molar-refractivity contribution in [3.63, 3.8) is 0 Å². The molecule has 16 heavy (non-hydrogen) atoms. The Morgan fingerprint density at radius 2 is 2.00 bits per heavy atom. The van der Waals surface area contributed by atoms with Gasteiger partial charge in [-0.1, -0.05) is 22.0 Å². The van der Waals surface area contributed by atoms with Gasteiger partial charge in [0.1, 0.15) is 5.84 Å². The van der Waals surface area contributed by atoms with Gasteiger partial charge in [0.2, 0.25) is 0 Å². The second-order valence-electron chi connectivity index (χ2n) is 4.74. The van der Waals surface area contributed by atoms with Crippen LogP contribution >= 0.6 is 15.9 Å². The summed E-state index contributed by atoms with van der Waals surface area (Å²) < 4.78 is 1.09. The van der Waals surface area contributed by atoms with Gasteiger partial charge < -0.3 is 5.43 Å². The fourth-order valence-corrected chi connectivity index (χ4v) is 1.55. The third kappa shape index (κ3) is 3.61. The van der Waals surface area contributed by atoms with Gasteiger partial charge in [0, 0.05) is 10.0 Å². The molecule has 3 nitrogen and oxygen atoms in total. The van der Waals surface area contributed by atoms with Crippen LogP contribution in [0.1, 0.15) is 31.9 Å². The zero-order valence-corrected chi connectivity index (χ0v) is 11.7. The van der Waals surface area contributed by atoms with Gasteiger partial charge in [-0.3, -0.25) is 4.99 Å². The lowest BCUT2D eigenvalue weighted by atomic mass is 10.1. The van der Waals surface area contributed by atoms with Crippen LogP contribution in [0.25, 0.3) is 0 Å². The number of rotatable bonds is 1. The SMILES string of the molecule is Cc1cc(C(=NC(C)(C)C)NN)ccc1Br. The number of hydrazine groups is 1. The fourth-order valence-electron chi connectivity index (χ4n) is 1.31. The van der Waals surface area contributed by atoms with Crippen molar-refractivity contribution in [1.29, 1.82) is 0 Å². The summed E-state index contributed by atoms with van der Waals surface area (Å²) in [5.74, 6) is 6.22. The largest absolute Gasteiger partial charge is 0.308 e. The Labute approximate surface area is 105 Å². The molecule has 88 valence electrons. The smallest absolute Gasteiger partial charge is 0.143 e. The molecule has 0 fully saturated rings. The van der Waals surface area contributed by atoms with Crippen molar-refractivity contribution < 1.29 is 0 Å². The molecule has 0 atom stereocenters. The number of hydrogen-bond donors (Lipinski definition) is 2. The molecule has 3 N–H and O–H groups in total. The minimum Gasteiger partial charge on any atom is -0.308 e. The highest BCUT2D eigenvalue weighted by molar-refractivity contribution is 9.10. The van der Waals surface area contributed by atoms with Gasteiger partial charge in [-0.05, 0) is 45.4 Å². The number of halogens is 1. The van der Waals surface area contributed by atoms with Gasteiger partial charge in [0.05, 0.1) is 5.54 Å². The predicted molar refractivity (Wildman–Crippen MR) is 72.5 cm³/mol. The molecule has 4 heteroatoms. The summed E-state index contributed by atoms with van der Waals surface area (Å²) in [5.41, 5.74) is 4.67. The minimum atomic E-state index is -0.150. The summed E-state index contributed by atoms with van der Waals surface area (Å²) in [4.78, 5) is 4.53. The molecular formula is C12H18BrN3. The molecule has 0 unspecified atom stereocenters. The third-order valence-corrected chi connectivity index (χ3v) is 2.91. The highest BCUT2D eigenvalue weighted by Gasteiger charge is 2.11. The van der Waals surface area contributed by atoms with E-state index in [4.69, 9.17) is 5.84 Å². The van der Waals surface area contributed by atoms with E-state index >= 15 is 0 Å². The Balaban J connectivity index is 3.15. The Morgan fingerprint density at radius 1 is 1.38 bits per heavy atom. The first kappa shape index (κ1) is 13.2. The molecule has 1 aromatic rings. The molecule has 0 radical (unpaired) electrons. The van der Waals surface area contributed by atoms with Crippen LogP contribution in [0.5, 0.6) is 0 Å². The van der Waals surface area contributed by atoms with Crippen LogP contribution < -0.4 is 11.3 Å². The van der Waals surface area contributed by atoms with E-state index in [2.05, 4.69) is 32.4 Å². The number of nitrogens with one attached hydrogen (secondary N) is 1. The average Bonchev–Trinajstić information content (AvgIpc) is 2.17. The first-order chi connectivity index (χ1) is 7.33. The average molecular weight is 284 g/mol. The number of amidine groups is 1. The summed E-state index contributed by atoms with van der Waals surface area (Å²) in [5, 5.41) is 0. The number of hydrogen-bond acceptors (Lipinski definition) is 2. The molecule has 0 aliphatic rings. The van der Waals surface area contributed by atoms with Crippen LogP contribution in [-0.2, 0) is 0 Å². The maximum absolute atomic E-state index is 5.51. The van der Waals surface area contributed by atoms with E-state index in [0.29, 0.717) is 5.84 Å². The molecule has 0 aromatic heterocycles. The first-order valence-electron chi connectivity index (χ1n) is 5.16. The maximum atomic E-state index is 5.51. The van der Waals surface area contributed by atoms with Gasteiger partial charge in [-0.15, -0.1) is 0 Å². The maximum Gasteiger partial charge on any atom is 0.143 e. The van der Waals surface area contributed by atoms with Crippen LogP contribution in [0, 0.1) is 6.92 Å². The molecule has 0 saturated carbocycles. The first-order valence-corrected chi connectivity index (χ1v) is 5.96. The summed E-state index contributed by atoms with van der Waals surface area (Å²) in [7, 11) is 0. The number of aliphatic imine (C=N–C) groups is 1.